The number of hydrogen-bond acceptors (Lipinski definition) is 4. The average molecular weight is 261 g/mol. The van der Waals surface area contributed by atoms with E-state index in [9.17, 15) is 0 Å². The summed E-state index contributed by atoms with van der Waals surface area (Å²) >= 11 is 1.80. The third-order valence-corrected chi connectivity index (χ3v) is 3.73. The zero-order valence-corrected chi connectivity index (χ0v) is 11.5. The molecule has 2 aromatic rings. The molecule has 0 saturated heterocycles. The monoisotopic (exact) mass is 261 g/mol. The normalized spacial score (nSPS) is 11.1. The second-order valence-corrected chi connectivity index (χ2v) is 5.24. The van der Waals surface area contributed by atoms with Crippen molar-refractivity contribution in [2.75, 3.05) is 6.54 Å². The van der Waals surface area contributed by atoms with Crippen molar-refractivity contribution >= 4 is 11.3 Å². The molecule has 0 saturated carbocycles. The van der Waals surface area contributed by atoms with Crippen LogP contribution in [-0.2, 0) is 19.6 Å². The molecule has 0 fully saturated rings. The van der Waals surface area contributed by atoms with Gasteiger partial charge in [-0.15, -0.1) is 11.3 Å². The van der Waals surface area contributed by atoms with Crippen LogP contribution in [0.1, 0.15) is 23.2 Å². The summed E-state index contributed by atoms with van der Waals surface area (Å²) in [6.45, 7) is 5.57. The van der Waals surface area contributed by atoms with Gasteiger partial charge in [0.1, 0.15) is 0 Å². The van der Waals surface area contributed by atoms with Crippen molar-refractivity contribution in [3.05, 3.63) is 52.0 Å². The van der Waals surface area contributed by atoms with Crippen LogP contribution in [0.2, 0.25) is 0 Å². The highest BCUT2D eigenvalue weighted by Crippen LogP contribution is 2.13. The van der Waals surface area contributed by atoms with Crippen molar-refractivity contribution in [2.45, 2.75) is 26.6 Å². The number of hydrogen-bond donors (Lipinski definition) is 1. The van der Waals surface area contributed by atoms with Gasteiger partial charge in [-0.2, -0.15) is 0 Å². The average Bonchev–Trinajstić information content (AvgIpc) is 2.91. The molecule has 0 atom stereocenters. The fourth-order valence-corrected chi connectivity index (χ4v) is 2.61. The van der Waals surface area contributed by atoms with Crippen LogP contribution in [-0.4, -0.2) is 16.4 Å². The minimum atomic E-state index is 0.505. The summed E-state index contributed by atoms with van der Waals surface area (Å²) in [5, 5.41) is 2.12. The van der Waals surface area contributed by atoms with Crippen molar-refractivity contribution < 1.29 is 0 Å². The second kappa shape index (κ2) is 6.64. The van der Waals surface area contributed by atoms with Crippen molar-refractivity contribution in [2.24, 2.45) is 5.73 Å². The Labute approximate surface area is 112 Å². The Morgan fingerprint density at radius 1 is 1.17 bits per heavy atom. The van der Waals surface area contributed by atoms with Gasteiger partial charge in [0.2, 0.25) is 0 Å². The molecule has 4 heteroatoms. The van der Waals surface area contributed by atoms with Crippen molar-refractivity contribution in [3.8, 4) is 0 Å². The third kappa shape index (κ3) is 3.63. The number of nitrogens with zero attached hydrogens (tertiary/aromatic N) is 2. The first kappa shape index (κ1) is 13.2. The number of thiophene rings is 1. The van der Waals surface area contributed by atoms with Gasteiger partial charge in [0.25, 0.3) is 0 Å². The number of nitrogens with two attached hydrogens (primary N) is 1. The minimum Gasteiger partial charge on any atom is -0.325 e. The SMILES string of the molecule is CCN(Cc1cccc(CN)n1)Cc1cccs1. The Morgan fingerprint density at radius 2 is 2.00 bits per heavy atom. The highest BCUT2D eigenvalue weighted by atomic mass is 32.1. The highest BCUT2D eigenvalue weighted by molar-refractivity contribution is 7.09. The van der Waals surface area contributed by atoms with Crippen LogP contribution in [0, 0.1) is 0 Å². The van der Waals surface area contributed by atoms with E-state index in [1.807, 2.05) is 12.1 Å². The largest absolute Gasteiger partial charge is 0.325 e. The Bertz CT molecular complexity index is 468. The fraction of sp³-hybridized carbons (Fsp3) is 0.357. The van der Waals surface area contributed by atoms with Crippen LogP contribution < -0.4 is 5.73 Å². The number of rotatable bonds is 6. The third-order valence-electron chi connectivity index (χ3n) is 2.87. The van der Waals surface area contributed by atoms with Gasteiger partial charge >= 0.3 is 0 Å². The minimum absolute atomic E-state index is 0.505. The quantitative estimate of drug-likeness (QED) is 0.869. The maximum atomic E-state index is 5.62. The van der Waals surface area contributed by atoms with Crippen molar-refractivity contribution in [3.63, 3.8) is 0 Å². The van der Waals surface area contributed by atoms with E-state index in [1.54, 1.807) is 11.3 Å². The summed E-state index contributed by atoms with van der Waals surface area (Å²) in [5.41, 5.74) is 7.67. The van der Waals surface area contributed by atoms with Gasteiger partial charge in [0.15, 0.2) is 0 Å². The van der Waals surface area contributed by atoms with Gasteiger partial charge in [0, 0.05) is 24.5 Å². The Morgan fingerprint density at radius 3 is 2.67 bits per heavy atom. The summed E-state index contributed by atoms with van der Waals surface area (Å²) in [4.78, 5) is 8.32. The first-order chi connectivity index (χ1) is 8.81. The van der Waals surface area contributed by atoms with Gasteiger partial charge in [0.05, 0.1) is 11.4 Å². The fourth-order valence-electron chi connectivity index (χ4n) is 1.86. The lowest BCUT2D eigenvalue weighted by atomic mass is 10.2. The van der Waals surface area contributed by atoms with Gasteiger partial charge in [-0.25, -0.2) is 0 Å². The molecular weight excluding hydrogens is 242 g/mol. The maximum Gasteiger partial charge on any atom is 0.0548 e. The van der Waals surface area contributed by atoms with Crippen LogP contribution in [0.3, 0.4) is 0 Å². The van der Waals surface area contributed by atoms with Gasteiger partial charge in [-0.3, -0.25) is 9.88 Å². The predicted octanol–water partition coefficient (Wildman–Crippen LogP) is 2.62. The molecule has 96 valence electrons. The standard InChI is InChI=1S/C14H19N3S/c1-2-17(11-14-7-4-8-18-14)10-13-6-3-5-12(9-15)16-13/h3-8H,2,9-11,15H2,1H3. The molecule has 2 aromatic heterocycles. The first-order valence-electron chi connectivity index (χ1n) is 6.21. The summed E-state index contributed by atoms with van der Waals surface area (Å²) < 4.78 is 0. The molecule has 0 aliphatic carbocycles. The molecule has 0 aromatic carbocycles. The molecule has 0 spiro atoms. The molecular formula is C14H19N3S. The van der Waals surface area contributed by atoms with Crippen LogP contribution in [0.25, 0.3) is 0 Å². The smallest absolute Gasteiger partial charge is 0.0548 e. The van der Waals surface area contributed by atoms with Crippen molar-refractivity contribution in [1.82, 2.24) is 9.88 Å². The lowest BCUT2D eigenvalue weighted by Gasteiger charge is -2.19. The molecule has 0 aliphatic heterocycles. The second-order valence-electron chi connectivity index (χ2n) is 4.21. The molecule has 18 heavy (non-hydrogen) atoms. The van der Waals surface area contributed by atoms with E-state index in [0.29, 0.717) is 6.54 Å². The molecule has 3 nitrogen and oxygen atoms in total. The van der Waals surface area contributed by atoms with E-state index < -0.39 is 0 Å². The summed E-state index contributed by atoms with van der Waals surface area (Å²) in [6, 6.07) is 10.3. The van der Waals surface area contributed by atoms with Gasteiger partial charge in [-0.1, -0.05) is 19.1 Å². The van der Waals surface area contributed by atoms with E-state index in [2.05, 4.69) is 40.4 Å². The van der Waals surface area contributed by atoms with Gasteiger partial charge in [-0.05, 0) is 30.1 Å². The Hall–Kier alpha value is -1.23. The topological polar surface area (TPSA) is 42.1 Å². The van der Waals surface area contributed by atoms with Crippen LogP contribution in [0.15, 0.2) is 35.7 Å². The molecule has 0 amide bonds. The van der Waals surface area contributed by atoms with E-state index in [0.717, 1.165) is 31.0 Å². The lowest BCUT2D eigenvalue weighted by molar-refractivity contribution is 0.270. The molecule has 0 radical (unpaired) electrons. The summed E-state index contributed by atoms with van der Waals surface area (Å²) in [7, 11) is 0. The van der Waals surface area contributed by atoms with E-state index >= 15 is 0 Å². The zero-order valence-electron chi connectivity index (χ0n) is 10.7. The predicted molar refractivity (Wildman–Crippen MR) is 76.2 cm³/mol. The Kier molecular flexibility index (Phi) is 4.87. The number of aromatic nitrogens is 1. The van der Waals surface area contributed by atoms with Crippen molar-refractivity contribution in [1.29, 1.82) is 0 Å². The van der Waals surface area contributed by atoms with Crippen LogP contribution in [0.4, 0.5) is 0 Å². The Balaban J connectivity index is 2.00. The van der Waals surface area contributed by atoms with Gasteiger partial charge < -0.3 is 5.73 Å². The number of pyridine rings is 1. The van der Waals surface area contributed by atoms with E-state index in [-0.39, 0.29) is 0 Å². The zero-order chi connectivity index (χ0) is 12.8. The van der Waals surface area contributed by atoms with E-state index in [1.165, 1.54) is 4.88 Å². The van der Waals surface area contributed by atoms with E-state index in [4.69, 9.17) is 5.73 Å². The lowest BCUT2D eigenvalue weighted by Crippen LogP contribution is -2.22. The summed E-state index contributed by atoms with van der Waals surface area (Å²) in [5.74, 6) is 0. The molecule has 2 rings (SSSR count). The van der Waals surface area contributed by atoms with Crippen LogP contribution in [0.5, 0.6) is 0 Å². The first-order valence-corrected chi connectivity index (χ1v) is 7.09. The molecule has 2 N–H and O–H groups in total. The molecule has 2 heterocycles. The van der Waals surface area contributed by atoms with Crippen LogP contribution >= 0.6 is 11.3 Å². The molecule has 0 unspecified atom stereocenters. The maximum absolute atomic E-state index is 5.62. The summed E-state index contributed by atoms with van der Waals surface area (Å²) in [6.07, 6.45) is 0. The molecule has 0 aliphatic rings. The molecule has 0 bridgehead atoms. The highest BCUT2D eigenvalue weighted by Gasteiger charge is 2.06.